The molecule has 0 saturated heterocycles. The SMILES string of the molecule is CCCCCN(Cc1ccc(NC)c([N+](=O)[O-])c1)C(C)C. The molecule has 0 aliphatic rings. The topological polar surface area (TPSA) is 58.4 Å². The van der Waals surface area contributed by atoms with E-state index in [0.29, 0.717) is 11.7 Å². The van der Waals surface area contributed by atoms with Gasteiger partial charge in [0.1, 0.15) is 5.69 Å². The van der Waals surface area contributed by atoms with Crippen molar-refractivity contribution in [2.45, 2.75) is 52.6 Å². The standard InChI is InChI=1S/C16H27N3O2/c1-5-6-7-10-18(13(2)3)12-14-8-9-15(17-4)16(11-14)19(20)21/h8-9,11,13,17H,5-7,10,12H2,1-4H3. The first-order valence-corrected chi connectivity index (χ1v) is 7.68. The van der Waals surface area contributed by atoms with Gasteiger partial charge in [0.05, 0.1) is 4.92 Å². The van der Waals surface area contributed by atoms with Gasteiger partial charge in [-0.2, -0.15) is 0 Å². The lowest BCUT2D eigenvalue weighted by Gasteiger charge is -2.26. The zero-order valence-electron chi connectivity index (χ0n) is 13.6. The summed E-state index contributed by atoms with van der Waals surface area (Å²) < 4.78 is 0. The predicted octanol–water partition coefficient (Wildman–Crippen LogP) is 4.04. The fourth-order valence-corrected chi connectivity index (χ4v) is 2.36. The van der Waals surface area contributed by atoms with E-state index in [4.69, 9.17) is 0 Å². The van der Waals surface area contributed by atoms with Gasteiger partial charge < -0.3 is 5.32 Å². The summed E-state index contributed by atoms with van der Waals surface area (Å²) in [5.74, 6) is 0. The van der Waals surface area contributed by atoms with E-state index in [-0.39, 0.29) is 10.6 Å². The number of nitro benzene ring substituents is 1. The maximum atomic E-state index is 11.1. The van der Waals surface area contributed by atoms with Crippen LogP contribution < -0.4 is 5.32 Å². The van der Waals surface area contributed by atoms with E-state index in [1.807, 2.05) is 6.07 Å². The van der Waals surface area contributed by atoms with Gasteiger partial charge in [-0.25, -0.2) is 0 Å². The number of nitrogens with one attached hydrogen (secondary N) is 1. The molecule has 5 nitrogen and oxygen atoms in total. The maximum Gasteiger partial charge on any atom is 0.292 e. The molecule has 5 heteroatoms. The molecule has 0 radical (unpaired) electrons. The normalized spacial score (nSPS) is 11.1. The number of anilines is 1. The fourth-order valence-electron chi connectivity index (χ4n) is 2.36. The van der Waals surface area contributed by atoms with Crippen molar-refractivity contribution in [3.63, 3.8) is 0 Å². The van der Waals surface area contributed by atoms with Gasteiger partial charge in [0.25, 0.3) is 5.69 Å². The predicted molar refractivity (Wildman–Crippen MR) is 87.7 cm³/mol. The second kappa shape index (κ2) is 8.62. The molecule has 0 spiro atoms. The highest BCUT2D eigenvalue weighted by molar-refractivity contribution is 5.62. The Labute approximate surface area is 127 Å². The summed E-state index contributed by atoms with van der Waals surface area (Å²) in [4.78, 5) is 13.2. The van der Waals surface area contributed by atoms with Crippen LogP contribution in [0.2, 0.25) is 0 Å². The summed E-state index contributed by atoms with van der Waals surface area (Å²) in [5, 5.41) is 14.0. The minimum Gasteiger partial charge on any atom is -0.383 e. The molecule has 0 bridgehead atoms. The molecule has 1 aromatic carbocycles. The lowest BCUT2D eigenvalue weighted by Crippen LogP contribution is -2.31. The second-order valence-corrected chi connectivity index (χ2v) is 5.63. The lowest BCUT2D eigenvalue weighted by atomic mass is 10.1. The van der Waals surface area contributed by atoms with Crippen LogP contribution in [0.3, 0.4) is 0 Å². The Bertz CT molecular complexity index is 461. The van der Waals surface area contributed by atoms with Crippen LogP contribution in [0, 0.1) is 10.1 Å². The molecule has 0 heterocycles. The van der Waals surface area contributed by atoms with Crippen molar-refractivity contribution in [1.82, 2.24) is 4.90 Å². The summed E-state index contributed by atoms with van der Waals surface area (Å²) in [5.41, 5.74) is 1.70. The van der Waals surface area contributed by atoms with E-state index in [1.165, 1.54) is 19.3 Å². The third-order valence-electron chi connectivity index (χ3n) is 3.69. The first-order valence-electron chi connectivity index (χ1n) is 7.68. The Morgan fingerprint density at radius 1 is 1.33 bits per heavy atom. The highest BCUT2D eigenvalue weighted by atomic mass is 16.6. The van der Waals surface area contributed by atoms with Gasteiger partial charge in [0.2, 0.25) is 0 Å². The van der Waals surface area contributed by atoms with Gasteiger partial charge in [-0.05, 0) is 38.4 Å². The Kier molecular flexibility index (Phi) is 7.15. The summed E-state index contributed by atoms with van der Waals surface area (Å²) >= 11 is 0. The van der Waals surface area contributed by atoms with Crippen LogP contribution in [0.5, 0.6) is 0 Å². The van der Waals surface area contributed by atoms with Crippen molar-refractivity contribution in [2.75, 3.05) is 18.9 Å². The van der Waals surface area contributed by atoms with Crippen LogP contribution in [0.15, 0.2) is 18.2 Å². The summed E-state index contributed by atoms with van der Waals surface area (Å²) in [7, 11) is 1.70. The van der Waals surface area contributed by atoms with Gasteiger partial charge in [0, 0.05) is 25.7 Å². The quantitative estimate of drug-likeness (QED) is 0.424. The Balaban J connectivity index is 2.83. The van der Waals surface area contributed by atoms with Crippen LogP contribution in [-0.4, -0.2) is 29.5 Å². The Morgan fingerprint density at radius 3 is 2.57 bits per heavy atom. The molecule has 0 fully saturated rings. The minimum absolute atomic E-state index is 0.146. The average Bonchev–Trinajstić information content (AvgIpc) is 2.46. The van der Waals surface area contributed by atoms with Crippen molar-refractivity contribution in [1.29, 1.82) is 0 Å². The van der Waals surface area contributed by atoms with E-state index in [0.717, 1.165) is 18.7 Å². The van der Waals surface area contributed by atoms with Gasteiger partial charge in [0.15, 0.2) is 0 Å². The molecule has 1 aromatic rings. The number of nitrogens with zero attached hydrogens (tertiary/aromatic N) is 2. The van der Waals surface area contributed by atoms with Gasteiger partial charge in [-0.3, -0.25) is 15.0 Å². The molecule has 118 valence electrons. The van der Waals surface area contributed by atoms with Crippen molar-refractivity contribution in [2.24, 2.45) is 0 Å². The van der Waals surface area contributed by atoms with Gasteiger partial charge >= 0.3 is 0 Å². The molecule has 1 rings (SSSR count). The van der Waals surface area contributed by atoms with Crippen LogP contribution in [0.25, 0.3) is 0 Å². The summed E-state index contributed by atoms with van der Waals surface area (Å²) in [6.45, 7) is 8.32. The molecule has 0 saturated carbocycles. The van der Waals surface area contributed by atoms with Crippen LogP contribution in [-0.2, 0) is 6.54 Å². The van der Waals surface area contributed by atoms with E-state index in [9.17, 15) is 10.1 Å². The van der Waals surface area contributed by atoms with Crippen molar-refractivity contribution >= 4 is 11.4 Å². The first-order chi connectivity index (χ1) is 9.99. The molecular formula is C16H27N3O2. The summed E-state index contributed by atoms with van der Waals surface area (Å²) in [6.07, 6.45) is 3.60. The largest absolute Gasteiger partial charge is 0.383 e. The minimum atomic E-state index is -0.327. The van der Waals surface area contributed by atoms with E-state index in [2.05, 4.69) is 31.0 Å². The van der Waals surface area contributed by atoms with E-state index in [1.54, 1.807) is 19.2 Å². The van der Waals surface area contributed by atoms with Crippen molar-refractivity contribution in [3.8, 4) is 0 Å². The van der Waals surface area contributed by atoms with Gasteiger partial charge in [-0.15, -0.1) is 0 Å². The van der Waals surface area contributed by atoms with Crippen molar-refractivity contribution < 1.29 is 4.92 Å². The van der Waals surface area contributed by atoms with Crippen LogP contribution in [0.4, 0.5) is 11.4 Å². The van der Waals surface area contributed by atoms with Crippen LogP contribution in [0.1, 0.15) is 45.6 Å². The monoisotopic (exact) mass is 293 g/mol. The second-order valence-electron chi connectivity index (χ2n) is 5.63. The number of rotatable bonds is 9. The lowest BCUT2D eigenvalue weighted by molar-refractivity contribution is -0.384. The number of unbranched alkanes of at least 4 members (excludes halogenated alkanes) is 2. The highest BCUT2D eigenvalue weighted by Gasteiger charge is 2.16. The molecule has 0 aliphatic heterocycles. The molecule has 0 atom stereocenters. The van der Waals surface area contributed by atoms with E-state index >= 15 is 0 Å². The molecule has 1 N–H and O–H groups in total. The van der Waals surface area contributed by atoms with Crippen LogP contribution >= 0.6 is 0 Å². The van der Waals surface area contributed by atoms with E-state index < -0.39 is 0 Å². The molecule has 0 unspecified atom stereocenters. The Morgan fingerprint density at radius 2 is 2.05 bits per heavy atom. The third-order valence-corrected chi connectivity index (χ3v) is 3.69. The summed E-state index contributed by atoms with van der Waals surface area (Å²) in [6, 6.07) is 5.87. The van der Waals surface area contributed by atoms with Crippen molar-refractivity contribution in [3.05, 3.63) is 33.9 Å². The average molecular weight is 293 g/mol. The molecule has 0 amide bonds. The smallest absolute Gasteiger partial charge is 0.292 e. The molecular weight excluding hydrogens is 266 g/mol. The zero-order valence-corrected chi connectivity index (χ0v) is 13.6. The third kappa shape index (κ3) is 5.34. The van der Waals surface area contributed by atoms with Gasteiger partial charge in [-0.1, -0.05) is 25.8 Å². The number of hydrogen-bond acceptors (Lipinski definition) is 4. The number of benzene rings is 1. The molecule has 0 aromatic heterocycles. The number of hydrogen-bond donors (Lipinski definition) is 1. The first kappa shape index (κ1) is 17.4. The zero-order chi connectivity index (χ0) is 15.8. The molecule has 0 aliphatic carbocycles. The highest BCUT2D eigenvalue weighted by Crippen LogP contribution is 2.26. The Hall–Kier alpha value is -1.62. The fraction of sp³-hybridized carbons (Fsp3) is 0.625. The molecule has 21 heavy (non-hydrogen) atoms. The number of nitro groups is 1. The maximum absolute atomic E-state index is 11.1.